The summed E-state index contributed by atoms with van der Waals surface area (Å²) >= 11 is 0. The molecular weight excluding hydrogens is 874 g/mol. The van der Waals surface area contributed by atoms with Gasteiger partial charge in [-0.15, -0.1) is 0 Å². The number of carbonyl (C=O) groups is 2. The lowest BCUT2D eigenvalue weighted by Crippen LogP contribution is -2.64. The second kappa shape index (κ2) is 36.0. The third-order valence-electron chi connectivity index (χ3n) is 10.5. The van der Waals surface area contributed by atoms with Crippen molar-refractivity contribution in [1.29, 1.82) is 0 Å². The van der Waals surface area contributed by atoms with Crippen LogP contribution in [0.2, 0.25) is 0 Å². The summed E-state index contributed by atoms with van der Waals surface area (Å²) in [6.45, 7) is 2.91. The summed E-state index contributed by atoms with van der Waals surface area (Å²) in [6, 6.07) is 0. The first-order valence-electron chi connectivity index (χ1n) is 23.3. The lowest BCUT2D eigenvalue weighted by Gasteiger charge is -2.43. The zero-order valence-electron chi connectivity index (χ0n) is 38.1. The van der Waals surface area contributed by atoms with Crippen molar-refractivity contribution in [2.45, 2.75) is 210 Å². The van der Waals surface area contributed by atoms with E-state index in [-0.39, 0.29) is 25.7 Å². The zero-order chi connectivity index (χ0) is 47.6. The first-order chi connectivity index (χ1) is 30.5. The van der Waals surface area contributed by atoms with Crippen LogP contribution in [0.15, 0.2) is 48.6 Å². The minimum Gasteiger partial charge on any atom is -0.462 e. The van der Waals surface area contributed by atoms with Crippen LogP contribution in [0.5, 0.6) is 0 Å². The molecule has 0 aromatic heterocycles. The summed E-state index contributed by atoms with van der Waals surface area (Å²) in [6.07, 6.45) is 20.9. The Morgan fingerprint density at radius 3 is 1.69 bits per heavy atom. The Balaban J connectivity index is 2.70. The van der Waals surface area contributed by atoms with Crippen LogP contribution in [0.25, 0.3) is 0 Å². The number of aliphatic hydroxyl groups is 5. The fourth-order valence-corrected chi connectivity index (χ4v) is 8.37. The molecule has 0 aliphatic heterocycles. The topological polar surface area (TPSA) is 276 Å². The number of rotatable bonds is 38. The van der Waals surface area contributed by atoms with Crippen LogP contribution in [-0.2, 0) is 41.8 Å². The third-order valence-corrected chi connectivity index (χ3v) is 12.0. The van der Waals surface area contributed by atoms with Crippen LogP contribution in [0, 0.1) is 0 Å². The number of phosphoric acid groups is 2. The summed E-state index contributed by atoms with van der Waals surface area (Å²) < 4.78 is 49.2. The van der Waals surface area contributed by atoms with Gasteiger partial charge in [-0.05, 0) is 44.9 Å². The Bertz CT molecular complexity index is 1450. The van der Waals surface area contributed by atoms with Crippen molar-refractivity contribution in [3.05, 3.63) is 48.6 Å². The number of hydrogen-bond acceptors (Lipinski definition) is 14. The fraction of sp³-hybridized carbons (Fsp3) is 0.778. The van der Waals surface area contributed by atoms with Crippen LogP contribution >= 0.6 is 15.6 Å². The first-order valence-corrected chi connectivity index (χ1v) is 26.3. The Hall–Kier alpha value is -2.08. The second-order valence-corrected chi connectivity index (χ2v) is 18.9. The van der Waals surface area contributed by atoms with E-state index in [0.29, 0.717) is 6.42 Å². The van der Waals surface area contributed by atoms with Crippen LogP contribution in [0.1, 0.15) is 162 Å². The Morgan fingerprint density at radius 1 is 0.578 bits per heavy atom. The number of hydrogen-bond donors (Lipinski definition) is 8. The minimum absolute atomic E-state index is 0.0819. The van der Waals surface area contributed by atoms with E-state index < -0.39 is 89.6 Å². The Morgan fingerprint density at radius 2 is 1.09 bits per heavy atom. The number of aliphatic hydroxyl groups excluding tert-OH is 5. The van der Waals surface area contributed by atoms with Crippen molar-refractivity contribution in [2.24, 2.45) is 0 Å². The number of carbonyl (C=O) groups excluding carboxylic acids is 2. The molecule has 1 aliphatic rings. The number of ether oxygens (including phenoxy) is 2. The molecule has 19 heteroatoms. The van der Waals surface area contributed by atoms with Gasteiger partial charge in [-0.1, -0.05) is 152 Å². The number of unbranched alkanes of at least 4 members (excludes halogenated alkanes) is 15. The Labute approximate surface area is 380 Å². The fourth-order valence-electron chi connectivity index (χ4n) is 6.83. The molecule has 1 rings (SSSR count). The monoisotopic (exact) mass is 954 g/mol. The standard InChI is InChI=1S/C45H80O17P2/c1-3-5-7-9-11-13-15-17-19-21-23-25-27-30-36(46)31-29-33-39(48)60-37(34-58-38(47)32-28-26-24-22-20-18-16-14-12-10-8-6-4-2)35-59-64(56,57)62-45-42(51)40(49)41(50)44(43(45)52)61-63(53,54)55/h11,13,17,19,23,25,27,30,36-37,40-46,49-52H,3-10,12,14-16,18,20-22,24,26,28-29,31-35H2,1-2H3,(H,56,57)(H2,53,54,55)/b13-11-,19-17-,25-23-,30-27+/t36-,37+,40?,41?,42?,43?,44+,45-/m0/s1. The molecule has 5 unspecified atom stereocenters. The average Bonchev–Trinajstić information content (AvgIpc) is 3.24. The second-order valence-electron chi connectivity index (χ2n) is 16.3. The molecule has 0 radical (unpaired) electrons. The van der Waals surface area contributed by atoms with E-state index in [2.05, 4.69) is 42.7 Å². The van der Waals surface area contributed by atoms with Crippen molar-refractivity contribution in [3.63, 3.8) is 0 Å². The van der Waals surface area contributed by atoms with E-state index in [1.165, 1.54) is 70.6 Å². The van der Waals surface area contributed by atoms with Crippen molar-refractivity contribution in [1.82, 2.24) is 0 Å². The third kappa shape index (κ3) is 30.3. The SMILES string of the molecule is CCCCC/C=C\C/C=C\C/C=C\C=C\[C@H](O)CCCC(=O)O[C@H](COC(=O)CCCCCCCCCCCCCCC)COP(=O)(O)O[C@H]1C(O)C(O)C(O)[C@@H](OP(=O)(O)O)C1O. The smallest absolute Gasteiger partial charge is 0.462 e. The molecule has 0 spiro atoms. The van der Waals surface area contributed by atoms with Crippen LogP contribution in [-0.4, -0.2) is 114 Å². The number of esters is 2. The molecule has 64 heavy (non-hydrogen) atoms. The van der Waals surface area contributed by atoms with Gasteiger partial charge in [-0.3, -0.25) is 23.2 Å². The molecule has 0 amide bonds. The van der Waals surface area contributed by atoms with E-state index in [4.69, 9.17) is 28.3 Å². The molecule has 1 aliphatic carbocycles. The Kier molecular flexibility index (Phi) is 33.7. The summed E-state index contributed by atoms with van der Waals surface area (Å²) in [5.41, 5.74) is 0. The van der Waals surface area contributed by atoms with Gasteiger partial charge in [0.1, 0.15) is 43.2 Å². The maximum atomic E-state index is 13.0. The van der Waals surface area contributed by atoms with Crippen molar-refractivity contribution in [3.8, 4) is 0 Å². The van der Waals surface area contributed by atoms with Gasteiger partial charge in [0.2, 0.25) is 0 Å². The van der Waals surface area contributed by atoms with Crippen LogP contribution in [0.3, 0.4) is 0 Å². The van der Waals surface area contributed by atoms with Gasteiger partial charge in [-0.25, -0.2) is 9.13 Å². The highest BCUT2D eigenvalue weighted by atomic mass is 31.2. The van der Waals surface area contributed by atoms with Gasteiger partial charge < -0.3 is 49.7 Å². The maximum absolute atomic E-state index is 13.0. The quantitative estimate of drug-likeness (QED) is 0.00979. The minimum atomic E-state index is -5.38. The van der Waals surface area contributed by atoms with E-state index >= 15 is 0 Å². The van der Waals surface area contributed by atoms with E-state index in [0.717, 1.165) is 44.9 Å². The summed E-state index contributed by atoms with van der Waals surface area (Å²) in [5.74, 6) is -1.41. The molecule has 8 N–H and O–H groups in total. The van der Waals surface area contributed by atoms with Crippen molar-refractivity contribution < 1.29 is 82.0 Å². The van der Waals surface area contributed by atoms with Crippen LogP contribution in [0.4, 0.5) is 0 Å². The number of allylic oxidation sites excluding steroid dienone is 7. The molecule has 372 valence electrons. The van der Waals surface area contributed by atoms with Gasteiger partial charge in [0, 0.05) is 12.8 Å². The first kappa shape index (κ1) is 59.9. The van der Waals surface area contributed by atoms with E-state index in [1.54, 1.807) is 12.2 Å². The number of phosphoric ester groups is 2. The summed E-state index contributed by atoms with van der Waals surface area (Å²) in [7, 11) is -10.7. The van der Waals surface area contributed by atoms with Gasteiger partial charge in [0.15, 0.2) is 6.10 Å². The molecule has 9 atom stereocenters. The predicted octanol–water partition coefficient (Wildman–Crippen LogP) is 7.48. The largest absolute Gasteiger partial charge is 0.472 e. The van der Waals surface area contributed by atoms with Crippen molar-refractivity contribution >= 4 is 27.6 Å². The molecule has 1 saturated carbocycles. The molecule has 1 fully saturated rings. The highest BCUT2D eigenvalue weighted by molar-refractivity contribution is 7.47. The van der Waals surface area contributed by atoms with Gasteiger partial charge in [-0.2, -0.15) is 0 Å². The van der Waals surface area contributed by atoms with Gasteiger partial charge in [0.25, 0.3) is 0 Å². The van der Waals surface area contributed by atoms with Crippen molar-refractivity contribution in [2.75, 3.05) is 13.2 Å². The molecule has 17 nitrogen and oxygen atoms in total. The lowest BCUT2D eigenvalue weighted by atomic mass is 9.85. The highest BCUT2D eigenvalue weighted by Crippen LogP contribution is 2.49. The normalized spacial score (nSPS) is 22.7. The molecule has 0 heterocycles. The lowest BCUT2D eigenvalue weighted by molar-refractivity contribution is -0.216. The maximum Gasteiger partial charge on any atom is 0.472 e. The van der Waals surface area contributed by atoms with Gasteiger partial charge >= 0.3 is 27.6 Å². The highest BCUT2D eigenvalue weighted by Gasteiger charge is 2.54. The summed E-state index contributed by atoms with van der Waals surface area (Å²) in [5, 5.41) is 51.5. The van der Waals surface area contributed by atoms with Crippen LogP contribution < -0.4 is 0 Å². The predicted molar refractivity (Wildman–Crippen MR) is 243 cm³/mol. The average molecular weight is 955 g/mol. The molecule has 0 aromatic rings. The molecule has 0 saturated heterocycles. The van der Waals surface area contributed by atoms with E-state index in [1.807, 2.05) is 12.2 Å². The molecular formula is C45H80O17P2. The van der Waals surface area contributed by atoms with Gasteiger partial charge in [0.05, 0.1) is 12.7 Å². The molecule has 0 bridgehead atoms. The van der Waals surface area contributed by atoms with E-state index in [9.17, 15) is 49.1 Å². The zero-order valence-corrected chi connectivity index (χ0v) is 39.9. The summed E-state index contributed by atoms with van der Waals surface area (Å²) in [4.78, 5) is 54.2. The molecule has 0 aromatic carbocycles.